The third kappa shape index (κ3) is 77.4. The van der Waals surface area contributed by atoms with E-state index in [4.69, 9.17) is 44.1 Å². The van der Waals surface area contributed by atoms with Crippen LogP contribution in [0, 0.1) is 41.7 Å². The second-order valence-corrected chi connectivity index (χ2v) is 1.31. The summed E-state index contributed by atoms with van der Waals surface area (Å²) in [5.74, 6) is -5.03. The fourth-order valence-corrected chi connectivity index (χ4v) is 0. The number of hydrogen-bond acceptors (Lipinski definition) is 9. The van der Waals surface area contributed by atoms with Crippen LogP contribution in [0.15, 0.2) is 0 Å². The minimum absolute atomic E-state index is 0. The van der Waals surface area contributed by atoms with Gasteiger partial charge in [-0.25, -0.2) is 0 Å². The number of carbonyl (C=O) groups is 6. The number of aldehydes is 3. The van der Waals surface area contributed by atoms with Crippen LogP contribution in [0.2, 0.25) is 0 Å². The molecule has 0 saturated heterocycles. The van der Waals surface area contributed by atoms with Crippen LogP contribution in [-0.2, 0) is 28.8 Å². The standard InChI is InChI=1S/3C2H2O3.Ce/c3*3-1-2(4)5;/h3*1H,(H,4,5);/q;;;+3/p-3. The smallest absolute Gasteiger partial charge is 0.542 e. The molecule has 0 heterocycles. The molecule has 0 unspecified atom stereocenters. The average Bonchev–Trinajstić information content (AvgIpc) is 2.19. The summed E-state index contributed by atoms with van der Waals surface area (Å²) in [6.07, 6.45) is -0.833. The van der Waals surface area contributed by atoms with Crippen molar-refractivity contribution >= 4 is 36.8 Å². The van der Waals surface area contributed by atoms with Crippen molar-refractivity contribution in [3.05, 3.63) is 0 Å². The maximum atomic E-state index is 8.89. The molecule has 0 aliphatic heterocycles. The Balaban J connectivity index is -0.0000000655. The van der Waals surface area contributed by atoms with Gasteiger partial charge in [-0.2, -0.15) is 0 Å². The molecule has 0 aliphatic rings. The number of carboxylic acid groups (broad SMARTS) is 3. The Morgan fingerprint density at radius 1 is 0.625 bits per heavy atom. The van der Waals surface area contributed by atoms with Crippen LogP contribution < -0.4 is 15.3 Å². The Morgan fingerprint density at radius 2 is 0.688 bits per heavy atom. The normalized spacial score (nSPS) is 6.00. The monoisotopic (exact) mass is 359 g/mol. The van der Waals surface area contributed by atoms with Crippen molar-refractivity contribution in [3.63, 3.8) is 0 Å². The molecule has 10 heteroatoms. The Labute approximate surface area is 122 Å². The molecule has 9 nitrogen and oxygen atoms in total. The van der Waals surface area contributed by atoms with E-state index >= 15 is 0 Å². The molecule has 85 valence electrons. The summed E-state index contributed by atoms with van der Waals surface area (Å²) in [5, 5.41) is 26.7. The van der Waals surface area contributed by atoms with Crippen LogP contribution in [0.5, 0.6) is 0 Å². The quantitative estimate of drug-likeness (QED) is 0.351. The molecule has 0 rings (SSSR count). The van der Waals surface area contributed by atoms with E-state index in [1.54, 1.807) is 0 Å². The SMILES string of the molecule is O=CC(=O)[O-].O=CC(=O)[O-].O=CC(=O)[O-].[Ce+3]. The molecule has 0 bridgehead atoms. The van der Waals surface area contributed by atoms with Gasteiger partial charge in [0.25, 0.3) is 0 Å². The van der Waals surface area contributed by atoms with Crippen molar-refractivity contribution in [1.29, 1.82) is 0 Å². The first-order valence-electron chi connectivity index (χ1n) is 2.80. The van der Waals surface area contributed by atoms with E-state index in [1.807, 2.05) is 0 Å². The van der Waals surface area contributed by atoms with E-state index in [-0.39, 0.29) is 60.6 Å². The minimum atomic E-state index is -1.68. The molecule has 16 heavy (non-hydrogen) atoms. The third-order valence-electron chi connectivity index (χ3n) is 0.289. The molecule has 1 radical (unpaired) electrons. The van der Waals surface area contributed by atoms with Gasteiger partial charge in [0.2, 0.25) is 0 Å². The van der Waals surface area contributed by atoms with Crippen molar-refractivity contribution < 1.29 is 85.8 Å². The summed E-state index contributed by atoms with van der Waals surface area (Å²) in [4.78, 5) is 53.2. The summed E-state index contributed by atoms with van der Waals surface area (Å²) in [5.41, 5.74) is 0. The molecule has 0 aromatic carbocycles. The molecule has 0 aliphatic carbocycles. The van der Waals surface area contributed by atoms with Crippen molar-refractivity contribution in [3.8, 4) is 0 Å². The number of carbonyl (C=O) groups excluding carboxylic acids is 6. The summed E-state index contributed by atoms with van der Waals surface area (Å²) in [6, 6.07) is 0. The van der Waals surface area contributed by atoms with Crippen LogP contribution in [0.25, 0.3) is 0 Å². The zero-order valence-corrected chi connectivity index (χ0v) is 10.5. The van der Waals surface area contributed by atoms with Gasteiger partial charge < -0.3 is 29.7 Å². The van der Waals surface area contributed by atoms with E-state index in [0.29, 0.717) is 0 Å². The fraction of sp³-hybridized carbons (Fsp3) is 0. The first-order chi connectivity index (χ1) is 6.81. The van der Waals surface area contributed by atoms with Crippen LogP contribution in [0.1, 0.15) is 0 Å². The predicted octanol–water partition coefficient (Wildman–Crippen LogP) is -6.19. The predicted molar refractivity (Wildman–Crippen MR) is 33.2 cm³/mol. The molecular formula is C6H3CeO9. The van der Waals surface area contributed by atoms with Crippen LogP contribution in [-0.4, -0.2) is 36.8 Å². The summed E-state index contributed by atoms with van der Waals surface area (Å²) in [7, 11) is 0. The van der Waals surface area contributed by atoms with Gasteiger partial charge in [0.1, 0.15) is 17.9 Å². The topological polar surface area (TPSA) is 172 Å². The molecule has 0 aromatic heterocycles. The number of carboxylic acids is 3. The van der Waals surface area contributed by atoms with E-state index in [1.165, 1.54) is 0 Å². The Bertz CT molecular complexity index is 216. The number of rotatable bonds is 3. The first kappa shape index (κ1) is 24.2. The molecule has 0 aromatic rings. The number of aliphatic carboxylic acids is 3. The third-order valence-corrected chi connectivity index (χ3v) is 0.289. The van der Waals surface area contributed by atoms with Crippen molar-refractivity contribution in [2.24, 2.45) is 0 Å². The van der Waals surface area contributed by atoms with E-state index in [0.717, 1.165) is 0 Å². The second kappa shape index (κ2) is 19.4. The molecule has 0 amide bonds. The summed E-state index contributed by atoms with van der Waals surface area (Å²) >= 11 is 0. The van der Waals surface area contributed by atoms with Gasteiger partial charge in [0, 0.05) is 0 Å². The zero-order chi connectivity index (χ0) is 12.9. The Hall–Kier alpha value is -1.20. The van der Waals surface area contributed by atoms with E-state index < -0.39 is 17.9 Å². The van der Waals surface area contributed by atoms with Crippen molar-refractivity contribution in [1.82, 2.24) is 0 Å². The summed E-state index contributed by atoms with van der Waals surface area (Å²) < 4.78 is 0. The minimum Gasteiger partial charge on any atom is -0.542 e. The average molecular weight is 359 g/mol. The molecule has 0 atom stereocenters. The molecule has 0 saturated carbocycles. The van der Waals surface area contributed by atoms with Crippen LogP contribution >= 0.6 is 0 Å². The largest absolute Gasteiger partial charge is 3.00 e. The maximum Gasteiger partial charge on any atom is 3.00 e. The summed E-state index contributed by atoms with van der Waals surface area (Å²) in [6.45, 7) is 0. The van der Waals surface area contributed by atoms with Gasteiger partial charge >= 0.3 is 41.7 Å². The van der Waals surface area contributed by atoms with E-state index in [2.05, 4.69) is 0 Å². The molecule has 0 fully saturated rings. The Morgan fingerprint density at radius 3 is 0.688 bits per heavy atom. The van der Waals surface area contributed by atoms with Crippen molar-refractivity contribution in [2.45, 2.75) is 0 Å². The van der Waals surface area contributed by atoms with Crippen LogP contribution in [0.3, 0.4) is 0 Å². The number of hydrogen-bond donors (Lipinski definition) is 0. The van der Waals surface area contributed by atoms with Gasteiger partial charge in [-0.15, -0.1) is 0 Å². The van der Waals surface area contributed by atoms with Crippen molar-refractivity contribution in [2.75, 3.05) is 0 Å². The van der Waals surface area contributed by atoms with Crippen LogP contribution in [0.4, 0.5) is 0 Å². The maximum absolute atomic E-state index is 8.89. The van der Waals surface area contributed by atoms with Gasteiger partial charge in [-0.3, -0.25) is 14.4 Å². The van der Waals surface area contributed by atoms with Gasteiger partial charge in [0.05, 0.1) is 0 Å². The zero-order valence-electron chi connectivity index (χ0n) is 7.41. The molecule has 0 spiro atoms. The molecular weight excluding hydrogens is 356 g/mol. The van der Waals surface area contributed by atoms with Gasteiger partial charge in [-0.05, 0) is 0 Å². The second-order valence-electron chi connectivity index (χ2n) is 1.31. The fourth-order valence-electron chi connectivity index (χ4n) is 0. The van der Waals surface area contributed by atoms with E-state index in [9.17, 15) is 0 Å². The first-order valence-corrected chi connectivity index (χ1v) is 2.80. The molecule has 0 N–H and O–H groups in total. The van der Waals surface area contributed by atoms with Gasteiger partial charge in [-0.1, -0.05) is 0 Å². The van der Waals surface area contributed by atoms with Gasteiger partial charge in [0.15, 0.2) is 18.9 Å². The Kier molecular flexibility index (Phi) is 29.3.